The molecule has 0 unspecified atom stereocenters. The van der Waals surface area contributed by atoms with E-state index in [1.165, 1.54) is 18.7 Å². The third kappa shape index (κ3) is 5.05. The number of carbonyl (C=O) groups is 2. The van der Waals surface area contributed by atoms with Crippen LogP contribution in [0.1, 0.15) is 6.92 Å². The van der Waals surface area contributed by atoms with Gasteiger partial charge in [-0.15, -0.1) is 0 Å². The van der Waals surface area contributed by atoms with Crippen molar-refractivity contribution in [1.29, 1.82) is 0 Å². The normalized spacial score (nSPS) is 10.1. The fourth-order valence-electron chi connectivity index (χ4n) is 1.65. The second-order valence-corrected chi connectivity index (χ2v) is 5.76. The number of amides is 2. The van der Waals surface area contributed by atoms with Gasteiger partial charge in [-0.2, -0.15) is 0 Å². The second kappa shape index (κ2) is 7.82. The van der Waals surface area contributed by atoms with Gasteiger partial charge in [0.1, 0.15) is 5.03 Å². The standard InChI is InChI=1S/C15H14ClN3O2S/c1-10(20)18-11-4-6-12(7-5-11)19-14(21)9-22-15-13(16)3-2-8-17-15/h2-8H,9H2,1H3,(H,18,20)(H,19,21). The van der Waals surface area contributed by atoms with Crippen LogP contribution in [0.5, 0.6) is 0 Å². The molecular weight excluding hydrogens is 322 g/mol. The van der Waals surface area contributed by atoms with Crippen molar-refractivity contribution in [2.75, 3.05) is 16.4 Å². The number of carbonyl (C=O) groups excluding carboxylic acids is 2. The van der Waals surface area contributed by atoms with Gasteiger partial charge in [0.2, 0.25) is 11.8 Å². The van der Waals surface area contributed by atoms with Gasteiger partial charge in [-0.05, 0) is 36.4 Å². The molecule has 0 atom stereocenters. The number of anilines is 2. The van der Waals surface area contributed by atoms with Gasteiger partial charge in [0.25, 0.3) is 0 Å². The smallest absolute Gasteiger partial charge is 0.234 e. The van der Waals surface area contributed by atoms with E-state index < -0.39 is 0 Å². The lowest BCUT2D eigenvalue weighted by molar-refractivity contribution is -0.114. The number of pyridine rings is 1. The minimum absolute atomic E-state index is 0.138. The average Bonchev–Trinajstić information content (AvgIpc) is 2.48. The Morgan fingerprint density at radius 2 is 1.77 bits per heavy atom. The molecule has 0 aliphatic heterocycles. The van der Waals surface area contributed by atoms with Crippen molar-refractivity contribution < 1.29 is 9.59 Å². The largest absolute Gasteiger partial charge is 0.326 e. The van der Waals surface area contributed by atoms with Crippen LogP contribution >= 0.6 is 23.4 Å². The highest BCUT2D eigenvalue weighted by atomic mass is 35.5. The predicted octanol–water partition coefficient (Wildman–Crippen LogP) is 3.42. The summed E-state index contributed by atoms with van der Waals surface area (Å²) in [7, 11) is 0. The molecule has 1 aromatic carbocycles. The van der Waals surface area contributed by atoms with Crippen LogP contribution in [0.2, 0.25) is 5.02 Å². The highest BCUT2D eigenvalue weighted by molar-refractivity contribution is 8.00. The Balaban J connectivity index is 1.87. The van der Waals surface area contributed by atoms with Crippen molar-refractivity contribution >= 4 is 46.6 Å². The van der Waals surface area contributed by atoms with E-state index in [0.717, 1.165) is 0 Å². The van der Waals surface area contributed by atoms with Gasteiger partial charge in [-0.3, -0.25) is 9.59 Å². The maximum absolute atomic E-state index is 11.9. The molecule has 1 aromatic heterocycles. The number of nitrogens with zero attached hydrogens (tertiary/aromatic N) is 1. The molecule has 0 aliphatic rings. The van der Waals surface area contributed by atoms with Gasteiger partial charge in [-0.1, -0.05) is 23.4 Å². The summed E-state index contributed by atoms with van der Waals surface area (Å²) < 4.78 is 0. The van der Waals surface area contributed by atoms with Gasteiger partial charge < -0.3 is 10.6 Å². The van der Waals surface area contributed by atoms with E-state index in [4.69, 9.17) is 11.6 Å². The molecule has 7 heteroatoms. The van der Waals surface area contributed by atoms with Crippen LogP contribution in [0.25, 0.3) is 0 Å². The first kappa shape index (κ1) is 16.3. The molecule has 0 saturated heterocycles. The average molecular weight is 336 g/mol. The molecule has 5 nitrogen and oxygen atoms in total. The number of halogens is 1. The van der Waals surface area contributed by atoms with Crippen LogP contribution in [0.3, 0.4) is 0 Å². The third-order valence-corrected chi connectivity index (χ3v) is 3.98. The summed E-state index contributed by atoms with van der Waals surface area (Å²) in [5.41, 5.74) is 1.34. The molecule has 0 aliphatic carbocycles. The third-order valence-electron chi connectivity index (χ3n) is 2.55. The number of hydrogen-bond donors (Lipinski definition) is 2. The molecule has 2 rings (SSSR count). The number of thioether (sulfide) groups is 1. The Hall–Kier alpha value is -2.05. The molecule has 2 amide bonds. The van der Waals surface area contributed by atoms with Gasteiger partial charge in [-0.25, -0.2) is 4.98 Å². The van der Waals surface area contributed by atoms with E-state index >= 15 is 0 Å². The van der Waals surface area contributed by atoms with E-state index in [9.17, 15) is 9.59 Å². The maximum atomic E-state index is 11.9. The molecule has 0 bridgehead atoms. The van der Waals surface area contributed by atoms with E-state index in [-0.39, 0.29) is 17.6 Å². The van der Waals surface area contributed by atoms with E-state index in [2.05, 4.69) is 15.6 Å². The zero-order valence-electron chi connectivity index (χ0n) is 11.8. The Labute approximate surface area is 137 Å². The van der Waals surface area contributed by atoms with Crippen molar-refractivity contribution in [3.8, 4) is 0 Å². The topological polar surface area (TPSA) is 71.1 Å². The molecule has 0 spiro atoms. The first-order valence-corrected chi connectivity index (χ1v) is 7.82. The van der Waals surface area contributed by atoms with E-state index in [1.54, 1.807) is 42.6 Å². The Morgan fingerprint density at radius 1 is 1.14 bits per heavy atom. The number of rotatable bonds is 5. The fourth-order valence-corrected chi connectivity index (χ4v) is 2.62. The minimum atomic E-state index is -0.154. The molecular formula is C15H14ClN3O2S. The summed E-state index contributed by atoms with van der Waals surface area (Å²) in [6.45, 7) is 1.44. The maximum Gasteiger partial charge on any atom is 0.234 e. The quantitative estimate of drug-likeness (QED) is 0.821. The lowest BCUT2D eigenvalue weighted by Crippen LogP contribution is -2.14. The van der Waals surface area contributed by atoms with Crippen molar-refractivity contribution in [3.63, 3.8) is 0 Å². The Morgan fingerprint density at radius 3 is 2.36 bits per heavy atom. The molecule has 22 heavy (non-hydrogen) atoms. The van der Waals surface area contributed by atoms with Gasteiger partial charge >= 0.3 is 0 Å². The van der Waals surface area contributed by atoms with Crippen LogP contribution in [-0.4, -0.2) is 22.6 Å². The monoisotopic (exact) mass is 335 g/mol. The van der Waals surface area contributed by atoms with Crippen LogP contribution in [0, 0.1) is 0 Å². The predicted molar refractivity (Wildman–Crippen MR) is 89.3 cm³/mol. The van der Waals surface area contributed by atoms with Gasteiger partial charge in [0.05, 0.1) is 10.8 Å². The molecule has 2 aromatic rings. The molecule has 0 radical (unpaired) electrons. The fraction of sp³-hybridized carbons (Fsp3) is 0.133. The zero-order chi connectivity index (χ0) is 15.9. The van der Waals surface area contributed by atoms with E-state index in [0.29, 0.717) is 21.4 Å². The van der Waals surface area contributed by atoms with Crippen LogP contribution in [0.4, 0.5) is 11.4 Å². The summed E-state index contributed by atoms with van der Waals surface area (Å²) in [5, 5.41) is 6.58. The summed E-state index contributed by atoms with van der Waals surface area (Å²) in [6, 6.07) is 10.4. The first-order chi connectivity index (χ1) is 10.5. The first-order valence-electron chi connectivity index (χ1n) is 6.45. The second-order valence-electron chi connectivity index (χ2n) is 4.39. The van der Waals surface area contributed by atoms with E-state index in [1.807, 2.05) is 0 Å². The van der Waals surface area contributed by atoms with Crippen LogP contribution < -0.4 is 10.6 Å². The minimum Gasteiger partial charge on any atom is -0.326 e. The Kier molecular flexibility index (Phi) is 5.80. The lowest BCUT2D eigenvalue weighted by atomic mass is 10.3. The molecule has 2 N–H and O–H groups in total. The van der Waals surface area contributed by atoms with Crippen LogP contribution in [-0.2, 0) is 9.59 Å². The van der Waals surface area contributed by atoms with Crippen LogP contribution in [0.15, 0.2) is 47.6 Å². The number of aromatic nitrogens is 1. The van der Waals surface area contributed by atoms with Gasteiger partial charge in [0, 0.05) is 24.5 Å². The SMILES string of the molecule is CC(=O)Nc1ccc(NC(=O)CSc2ncccc2Cl)cc1. The molecule has 1 heterocycles. The molecule has 0 fully saturated rings. The zero-order valence-corrected chi connectivity index (χ0v) is 13.4. The van der Waals surface area contributed by atoms with Crippen molar-refractivity contribution in [1.82, 2.24) is 4.98 Å². The van der Waals surface area contributed by atoms with Gasteiger partial charge in [0.15, 0.2) is 0 Å². The number of hydrogen-bond acceptors (Lipinski definition) is 4. The molecule has 114 valence electrons. The highest BCUT2D eigenvalue weighted by Crippen LogP contribution is 2.24. The Bertz CT molecular complexity index is 677. The summed E-state index contributed by atoms with van der Waals surface area (Å²) in [4.78, 5) is 26.9. The molecule has 0 saturated carbocycles. The van der Waals surface area contributed by atoms with Crippen molar-refractivity contribution in [2.45, 2.75) is 11.9 Å². The summed E-state index contributed by atoms with van der Waals surface area (Å²) in [5.74, 6) is -0.0797. The van der Waals surface area contributed by atoms with Crippen molar-refractivity contribution in [2.24, 2.45) is 0 Å². The summed E-state index contributed by atoms with van der Waals surface area (Å²) >= 11 is 7.25. The summed E-state index contributed by atoms with van der Waals surface area (Å²) in [6.07, 6.45) is 1.63. The highest BCUT2D eigenvalue weighted by Gasteiger charge is 2.07. The van der Waals surface area contributed by atoms with Crippen molar-refractivity contribution in [3.05, 3.63) is 47.6 Å². The number of nitrogens with one attached hydrogen (secondary N) is 2. The number of benzene rings is 1. The lowest BCUT2D eigenvalue weighted by Gasteiger charge is -2.07.